The van der Waals surface area contributed by atoms with Crippen LogP contribution >= 0.6 is 0 Å². The van der Waals surface area contributed by atoms with Crippen molar-refractivity contribution in [1.82, 2.24) is 10.3 Å². The van der Waals surface area contributed by atoms with Crippen molar-refractivity contribution in [3.05, 3.63) is 17.8 Å². The van der Waals surface area contributed by atoms with Gasteiger partial charge < -0.3 is 21.2 Å². The van der Waals surface area contributed by atoms with Crippen molar-refractivity contribution < 1.29 is 9.21 Å². The van der Waals surface area contributed by atoms with E-state index in [1.807, 2.05) is 13.8 Å². The fourth-order valence-electron chi connectivity index (χ4n) is 1.92. The van der Waals surface area contributed by atoms with Crippen molar-refractivity contribution in [3.8, 4) is 0 Å². The van der Waals surface area contributed by atoms with Crippen molar-refractivity contribution in [1.29, 1.82) is 0 Å². The summed E-state index contributed by atoms with van der Waals surface area (Å²) in [7, 11) is 0. The molecule has 21 heavy (non-hydrogen) atoms. The average Bonchev–Trinajstić information content (AvgIpc) is 2.95. The summed E-state index contributed by atoms with van der Waals surface area (Å²) < 4.78 is 5.27. The van der Waals surface area contributed by atoms with E-state index < -0.39 is 0 Å². The predicted octanol–water partition coefficient (Wildman–Crippen LogP) is 1.97. The van der Waals surface area contributed by atoms with Crippen molar-refractivity contribution >= 4 is 5.91 Å². The van der Waals surface area contributed by atoms with E-state index in [9.17, 15) is 4.79 Å². The lowest BCUT2D eigenvalue weighted by atomic mass is 10.1. The number of unbranched alkanes of at least 4 members (excludes halogenated alkanes) is 4. The number of hydrogen-bond donors (Lipinski definition) is 3. The van der Waals surface area contributed by atoms with Gasteiger partial charge in [0.25, 0.3) is 5.91 Å². The first-order valence-electron chi connectivity index (χ1n) is 7.75. The second-order valence-corrected chi connectivity index (χ2v) is 5.65. The van der Waals surface area contributed by atoms with E-state index in [2.05, 4.69) is 10.3 Å². The normalized spacial score (nSPS) is 12.6. The Morgan fingerprint density at radius 1 is 1.29 bits per heavy atom. The van der Waals surface area contributed by atoms with E-state index in [1.165, 1.54) is 6.26 Å². The average molecular weight is 296 g/mol. The molecular formula is C15H28N4O2. The zero-order chi connectivity index (χ0) is 15.7. The number of oxazole rings is 1. The molecule has 1 atom stereocenters. The maximum absolute atomic E-state index is 11.9. The number of hydrogen-bond acceptors (Lipinski definition) is 5. The Morgan fingerprint density at radius 2 is 1.95 bits per heavy atom. The Bertz CT molecular complexity index is 418. The van der Waals surface area contributed by atoms with Gasteiger partial charge in [-0.2, -0.15) is 0 Å². The zero-order valence-corrected chi connectivity index (χ0v) is 13.1. The Balaban J connectivity index is 2.26. The number of amides is 1. The van der Waals surface area contributed by atoms with E-state index in [0.29, 0.717) is 18.1 Å². The lowest BCUT2D eigenvalue weighted by Crippen LogP contribution is -2.25. The number of nitrogens with two attached hydrogens (primary N) is 2. The molecule has 120 valence electrons. The minimum Gasteiger partial charge on any atom is -0.446 e. The largest absolute Gasteiger partial charge is 0.446 e. The molecule has 6 nitrogen and oxygen atoms in total. The topological polar surface area (TPSA) is 107 Å². The summed E-state index contributed by atoms with van der Waals surface area (Å²) in [6.45, 7) is 5.38. The smallest absolute Gasteiger partial charge is 0.273 e. The summed E-state index contributed by atoms with van der Waals surface area (Å²) in [6, 6.07) is -0.283. The van der Waals surface area contributed by atoms with Crippen LogP contribution in [0.5, 0.6) is 0 Å². The van der Waals surface area contributed by atoms with Crippen LogP contribution in [-0.2, 0) is 0 Å². The van der Waals surface area contributed by atoms with Gasteiger partial charge in [0.1, 0.15) is 6.26 Å². The molecule has 1 aromatic heterocycles. The fraction of sp³-hybridized carbons (Fsp3) is 0.733. The Morgan fingerprint density at radius 3 is 2.62 bits per heavy atom. The Labute approximate surface area is 126 Å². The molecule has 0 aliphatic carbocycles. The van der Waals surface area contributed by atoms with Gasteiger partial charge in [-0.05, 0) is 25.3 Å². The standard InChI is InChI=1S/C15H28N4O2/c1-11(2)13(17)15-19-12(10-21-15)14(20)18-9-7-5-3-4-6-8-16/h10-11,13H,3-9,16-17H2,1-2H3,(H,18,20). The molecule has 0 saturated carbocycles. The molecule has 1 unspecified atom stereocenters. The summed E-state index contributed by atoms with van der Waals surface area (Å²) in [6.07, 6.45) is 6.82. The van der Waals surface area contributed by atoms with Gasteiger partial charge in [0, 0.05) is 6.54 Å². The fourth-order valence-corrected chi connectivity index (χ4v) is 1.92. The third-order valence-electron chi connectivity index (χ3n) is 3.42. The second kappa shape index (κ2) is 9.52. The number of carbonyl (C=O) groups is 1. The van der Waals surface area contributed by atoms with Gasteiger partial charge in [-0.1, -0.05) is 33.1 Å². The first kappa shape index (κ1) is 17.7. The Hall–Kier alpha value is -1.40. The highest BCUT2D eigenvalue weighted by Crippen LogP contribution is 2.17. The van der Waals surface area contributed by atoms with E-state index >= 15 is 0 Å². The van der Waals surface area contributed by atoms with Gasteiger partial charge in [-0.25, -0.2) is 4.98 Å². The molecule has 1 amide bonds. The lowest BCUT2D eigenvalue weighted by molar-refractivity contribution is 0.0948. The molecule has 0 aromatic carbocycles. The van der Waals surface area contributed by atoms with Gasteiger partial charge >= 0.3 is 0 Å². The number of rotatable bonds is 10. The highest BCUT2D eigenvalue weighted by molar-refractivity contribution is 5.91. The van der Waals surface area contributed by atoms with Crippen molar-refractivity contribution in [3.63, 3.8) is 0 Å². The van der Waals surface area contributed by atoms with Crippen molar-refractivity contribution in [2.45, 2.75) is 52.0 Å². The summed E-state index contributed by atoms with van der Waals surface area (Å²) in [5.74, 6) is 0.424. The van der Waals surface area contributed by atoms with Crippen LogP contribution in [0, 0.1) is 5.92 Å². The molecule has 0 spiro atoms. The first-order chi connectivity index (χ1) is 10.1. The van der Waals surface area contributed by atoms with Crippen LogP contribution in [0.15, 0.2) is 10.7 Å². The molecule has 0 aliphatic rings. The second-order valence-electron chi connectivity index (χ2n) is 5.65. The third kappa shape index (κ3) is 6.27. The van der Waals surface area contributed by atoms with Gasteiger partial charge in [0.05, 0.1) is 6.04 Å². The molecule has 6 heteroatoms. The van der Waals surface area contributed by atoms with Crippen LogP contribution in [-0.4, -0.2) is 24.0 Å². The summed E-state index contributed by atoms with van der Waals surface area (Å²) >= 11 is 0. The minimum atomic E-state index is -0.283. The lowest BCUT2D eigenvalue weighted by Gasteiger charge is -2.10. The Kier molecular flexibility index (Phi) is 8.00. The maximum Gasteiger partial charge on any atom is 0.273 e. The van der Waals surface area contributed by atoms with Crippen molar-refractivity contribution in [2.75, 3.05) is 13.1 Å². The molecule has 0 fully saturated rings. The number of carbonyl (C=O) groups excluding carboxylic acids is 1. The van der Waals surface area contributed by atoms with Crippen LogP contribution < -0.4 is 16.8 Å². The van der Waals surface area contributed by atoms with E-state index in [0.717, 1.165) is 38.6 Å². The minimum absolute atomic E-state index is 0.206. The van der Waals surface area contributed by atoms with E-state index in [4.69, 9.17) is 15.9 Å². The molecule has 0 aliphatic heterocycles. The van der Waals surface area contributed by atoms with E-state index in [1.54, 1.807) is 0 Å². The zero-order valence-electron chi connectivity index (χ0n) is 13.1. The number of aromatic nitrogens is 1. The summed E-state index contributed by atoms with van der Waals surface area (Å²) in [4.78, 5) is 16.0. The highest BCUT2D eigenvalue weighted by Gasteiger charge is 2.19. The SMILES string of the molecule is CC(C)C(N)c1nc(C(=O)NCCCCCCCN)co1. The van der Waals surface area contributed by atoms with E-state index in [-0.39, 0.29) is 17.9 Å². The highest BCUT2D eigenvalue weighted by atomic mass is 16.3. The predicted molar refractivity (Wildman–Crippen MR) is 82.7 cm³/mol. The third-order valence-corrected chi connectivity index (χ3v) is 3.42. The molecule has 1 heterocycles. The molecular weight excluding hydrogens is 268 g/mol. The molecule has 1 aromatic rings. The van der Waals surface area contributed by atoms with Crippen LogP contribution in [0.25, 0.3) is 0 Å². The molecule has 0 bridgehead atoms. The quantitative estimate of drug-likeness (QED) is 0.572. The number of nitrogens with one attached hydrogen (secondary N) is 1. The molecule has 0 radical (unpaired) electrons. The van der Waals surface area contributed by atoms with Gasteiger partial charge in [0.2, 0.25) is 5.89 Å². The van der Waals surface area contributed by atoms with Crippen LogP contribution in [0.2, 0.25) is 0 Å². The van der Waals surface area contributed by atoms with Gasteiger partial charge in [-0.15, -0.1) is 0 Å². The van der Waals surface area contributed by atoms with Crippen LogP contribution in [0.4, 0.5) is 0 Å². The summed E-state index contributed by atoms with van der Waals surface area (Å²) in [5, 5.41) is 2.84. The first-order valence-corrected chi connectivity index (χ1v) is 7.75. The van der Waals surface area contributed by atoms with Gasteiger partial charge in [-0.3, -0.25) is 4.79 Å². The molecule has 1 rings (SSSR count). The number of nitrogens with zero attached hydrogens (tertiary/aromatic N) is 1. The molecule has 0 saturated heterocycles. The van der Waals surface area contributed by atoms with Crippen LogP contribution in [0.1, 0.15) is 68.4 Å². The van der Waals surface area contributed by atoms with Crippen molar-refractivity contribution in [2.24, 2.45) is 17.4 Å². The summed E-state index contributed by atoms with van der Waals surface area (Å²) in [5.41, 5.74) is 11.7. The van der Waals surface area contributed by atoms with Crippen LogP contribution in [0.3, 0.4) is 0 Å². The monoisotopic (exact) mass is 296 g/mol. The maximum atomic E-state index is 11.9. The molecule has 5 N–H and O–H groups in total. The van der Waals surface area contributed by atoms with Gasteiger partial charge in [0.15, 0.2) is 5.69 Å².